The molecular weight excluding hydrogens is 323 g/mol. The second-order valence-corrected chi connectivity index (χ2v) is 7.50. The van der Waals surface area contributed by atoms with Crippen LogP contribution < -0.4 is 5.32 Å². The summed E-state index contributed by atoms with van der Waals surface area (Å²) in [5.74, 6) is 0. The van der Waals surface area contributed by atoms with Crippen LogP contribution >= 0.6 is 24.0 Å². The highest BCUT2D eigenvalue weighted by Crippen LogP contribution is 2.28. The second kappa shape index (κ2) is 5.81. The summed E-state index contributed by atoms with van der Waals surface area (Å²) in [4.78, 5) is 0. The predicted octanol–water partition coefficient (Wildman–Crippen LogP) is 1.01. The largest absolute Gasteiger partial charge is 0.309 e. The number of aryl methyl sites for hydroxylation is 1. The zero-order chi connectivity index (χ0) is 13.6. The SMILES string of the molecule is Cl.Cn1ncc(Cl)c1S(=O)(=O)N1CC2CCCC(C1)N2. The van der Waals surface area contributed by atoms with E-state index in [1.807, 2.05) is 0 Å². The Morgan fingerprint density at radius 3 is 2.45 bits per heavy atom. The third-order valence-electron chi connectivity index (χ3n) is 3.85. The summed E-state index contributed by atoms with van der Waals surface area (Å²) in [6.45, 7) is 1.03. The first-order chi connectivity index (χ1) is 8.98. The number of rotatable bonds is 2. The lowest BCUT2D eigenvalue weighted by Crippen LogP contribution is -2.59. The summed E-state index contributed by atoms with van der Waals surface area (Å²) in [5, 5.41) is 7.66. The van der Waals surface area contributed by atoms with Gasteiger partial charge >= 0.3 is 0 Å². The van der Waals surface area contributed by atoms with E-state index < -0.39 is 10.0 Å². The maximum absolute atomic E-state index is 12.7. The van der Waals surface area contributed by atoms with Crippen LogP contribution in [0.25, 0.3) is 0 Å². The van der Waals surface area contributed by atoms with Crippen molar-refractivity contribution in [3.05, 3.63) is 11.2 Å². The lowest BCUT2D eigenvalue weighted by atomic mass is 9.96. The standard InChI is InChI=1S/C11H17ClN4O2S.ClH/c1-15-11(10(12)5-13-15)19(17,18)16-6-8-3-2-4-9(7-16)14-8;/h5,8-9,14H,2-4,6-7H2,1H3;1H. The molecule has 20 heavy (non-hydrogen) atoms. The van der Waals surface area contributed by atoms with Crippen molar-refractivity contribution in [1.29, 1.82) is 0 Å². The van der Waals surface area contributed by atoms with E-state index >= 15 is 0 Å². The van der Waals surface area contributed by atoms with E-state index in [4.69, 9.17) is 11.6 Å². The van der Waals surface area contributed by atoms with Gasteiger partial charge in [0.2, 0.25) is 0 Å². The van der Waals surface area contributed by atoms with Crippen molar-refractivity contribution in [1.82, 2.24) is 19.4 Å². The van der Waals surface area contributed by atoms with Gasteiger partial charge in [-0.25, -0.2) is 8.42 Å². The summed E-state index contributed by atoms with van der Waals surface area (Å²) < 4.78 is 28.2. The number of piperazine rings is 1. The quantitative estimate of drug-likeness (QED) is 0.872. The smallest absolute Gasteiger partial charge is 0.261 e. The number of nitrogens with one attached hydrogen (secondary N) is 1. The molecule has 1 N–H and O–H groups in total. The maximum atomic E-state index is 12.7. The Bertz CT molecular complexity index is 558. The summed E-state index contributed by atoms with van der Waals surface area (Å²) in [7, 11) is -1.96. The third-order valence-corrected chi connectivity index (χ3v) is 6.19. The van der Waals surface area contributed by atoms with E-state index in [9.17, 15) is 8.42 Å². The van der Waals surface area contributed by atoms with Crippen LogP contribution in [0.5, 0.6) is 0 Å². The van der Waals surface area contributed by atoms with E-state index in [1.54, 1.807) is 11.4 Å². The minimum atomic E-state index is -3.56. The van der Waals surface area contributed by atoms with Gasteiger partial charge in [-0.3, -0.25) is 4.68 Å². The van der Waals surface area contributed by atoms with Crippen molar-refractivity contribution in [2.45, 2.75) is 36.4 Å². The van der Waals surface area contributed by atoms with Gasteiger partial charge in [0.1, 0.15) is 0 Å². The third kappa shape index (κ3) is 2.69. The van der Waals surface area contributed by atoms with Crippen LogP contribution in [0.2, 0.25) is 5.02 Å². The zero-order valence-corrected chi connectivity index (χ0v) is 13.5. The molecular formula is C11H18Cl2N4O2S. The van der Waals surface area contributed by atoms with Crippen molar-refractivity contribution in [2.24, 2.45) is 7.05 Å². The number of halogens is 2. The fourth-order valence-electron chi connectivity index (χ4n) is 2.97. The van der Waals surface area contributed by atoms with Gasteiger partial charge < -0.3 is 5.32 Å². The molecule has 0 amide bonds. The fourth-order valence-corrected chi connectivity index (χ4v) is 5.11. The van der Waals surface area contributed by atoms with Gasteiger partial charge in [0.15, 0.2) is 5.03 Å². The molecule has 3 heterocycles. The zero-order valence-electron chi connectivity index (χ0n) is 11.1. The number of hydrogen-bond donors (Lipinski definition) is 1. The van der Waals surface area contributed by atoms with Gasteiger partial charge in [0, 0.05) is 32.2 Å². The number of nitrogens with zero attached hydrogens (tertiary/aromatic N) is 3. The van der Waals surface area contributed by atoms with E-state index in [-0.39, 0.29) is 34.5 Å². The monoisotopic (exact) mass is 340 g/mol. The van der Waals surface area contributed by atoms with Gasteiger partial charge in [0.05, 0.1) is 11.2 Å². The van der Waals surface area contributed by atoms with Crippen molar-refractivity contribution in [2.75, 3.05) is 13.1 Å². The molecule has 2 bridgehead atoms. The fraction of sp³-hybridized carbons (Fsp3) is 0.727. The molecule has 2 aliphatic heterocycles. The molecule has 1 aromatic rings. The topological polar surface area (TPSA) is 67.2 Å². The Labute approximate surface area is 129 Å². The molecule has 6 nitrogen and oxygen atoms in total. The summed E-state index contributed by atoms with van der Waals surface area (Å²) in [6.07, 6.45) is 4.60. The van der Waals surface area contributed by atoms with E-state index in [1.165, 1.54) is 17.3 Å². The molecule has 2 unspecified atom stereocenters. The Morgan fingerprint density at radius 2 is 1.95 bits per heavy atom. The Morgan fingerprint density at radius 1 is 1.35 bits per heavy atom. The van der Waals surface area contributed by atoms with Crippen molar-refractivity contribution in [3.63, 3.8) is 0 Å². The van der Waals surface area contributed by atoms with E-state index in [0.717, 1.165) is 12.8 Å². The number of sulfonamides is 1. The molecule has 0 spiro atoms. The molecule has 0 radical (unpaired) electrons. The maximum Gasteiger partial charge on any atom is 0.261 e. The van der Waals surface area contributed by atoms with Crippen LogP contribution in [-0.4, -0.2) is 47.7 Å². The van der Waals surface area contributed by atoms with Crippen LogP contribution in [-0.2, 0) is 17.1 Å². The van der Waals surface area contributed by atoms with Crippen LogP contribution in [0.1, 0.15) is 19.3 Å². The summed E-state index contributed by atoms with van der Waals surface area (Å²) >= 11 is 5.96. The molecule has 2 atom stereocenters. The highest BCUT2D eigenvalue weighted by atomic mass is 35.5. The molecule has 2 fully saturated rings. The van der Waals surface area contributed by atoms with Gasteiger partial charge in [-0.1, -0.05) is 18.0 Å². The molecule has 9 heteroatoms. The molecule has 2 saturated heterocycles. The highest BCUT2D eigenvalue weighted by molar-refractivity contribution is 7.89. The van der Waals surface area contributed by atoms with Gasteiger partial charge in [-0.2, -0.15) is 9.40 Å². The molecule has 1 aromatic heterocycles. The predicted molar refractivity (Wildman–Crippen MR) is 78.8 cm³/mol. The van der Waals surface area contributed by atoms with Crippen molar-refractivity contribution in [3.8, 4) is 0 Å². The average molecular weight is 341 g/mol. The molecule has 0 saturated carbocycles. The van der Waals surface area contributed by atoms with E-state index in [2.05, 4.69) is 10.4 Å². The van der Waals surface area contributed by atoms with Crippen LogP contribution in [0.4, 0.5) is 0 Å². The average Bonchev–Trinajstić information content (AvgIpc) is 2.69. The number of fused-ring (bicyclic) bond motifs is 2. The first-order valence-electron chi connectivity index (χ1n) is 6.42. The molecule has 2 aliphatic rings. The van der Waals surface area contributed by atoms with Gasteiger partial charge in [-0.15, -0.1) is 12.4 Å². The molecule has 0 aliphatic carbocycles. The van der Waals surface area contributed by atoms with Crippen molar-refractivity contribution >= 4 is 34.0 Å². The minimum absolute atomic E-state index is 0. The Hall–Kier alpha value is -0.340. The Balaban J connectivity index is 0.00000147. The van der Waals surface area contributed by atoms with E-state index in [0.29, 0.717) is 13.1 Å². The van der Waals surface area contributed by atoms with Crippen LogP contribution in [0.15, 0.2) is 11.2 Å². The summed E-state index contributed by atoms with van der Waals surface area (Å²) in [6, 6.07) is 0.517. The lowest BCUT2D eigenvalue weighted by Gasteiger charge is -2.41. The first kappa shape index (κ1) is 16.0. The van der Waals surface area contributed by atoms with Gasteiger partial charge in [-0.05, 0) is 12.8 Å². The normalized spacial score (nSPS) is 27.1. The van der Waals surface area contributed by atoms with Crippen LogP contribution in [0, 0.1) is 0 Å². The number of aromatic nitrogens is 2. The molecule has 3 rings (SSSR count). The first-order valence-corrected chi connectivity index (χ1v) is 8.24. The minimum Gasteiger partial charge on any atom is -0.309 e. The van der Waals surface area contributed by atoms with Crippen molar-refractivity contribution < 1.29 is 8.42 Å². The highest BCUT2D eigenvalue weighted by Gasteiger charge is 2.38. The molecule has 114 valence electrons. The van der Waals surface area contributed by atoms with Crippen LogP contribution in [0.3, 0.4) is 0 Å². The van der Waals surface area contributed by atoms with Gasteiger partial charge in [0.25, 0.3) is 10.0 Å². The lowest BCUT2D eigenvalue weighted by molar-refractivity contribution is 0.190. The Kier molecular flexibility index (Phi) is 4.66. The molecule has 0 aromatic carbocycles. The summed E-state index contributed by atoms with van der Waals surface area (Å²) in [5.41, 5.74) is 0. The second-order valence-electron chi connectivity index (χ2n) is 5.23. The number of piperidine rings is 1. The number of hydrogen-bond acceptors (Lipinski definition) is 4.